The molecule has 1 N–H and O–H groups in total. The van der Waals surface area contributed by atoms with Gasteiger partial charge >= 0.3 is 0 Å². The fourth-order valence-corrected chi connectivity index (χ4v) is 0.243. The predicted octanol–water partition coefficient (Wildman–Crippen LogP) is 1.43. The van der Waals surface area contributed by atoms with Crippen LogP contribution >= 0.6 is 0 Å². The fourth-order valence-electron chi connectivity index (χ4n) is 0.243. The molecule has 0 aromatic rings. The molecule has 0 radical (unpaired) electrons. The SMILES string of the molecule is C=CNC(C)(C)F. The zero-order valence-electron chi connectivity index (χ0n) is 4.66. The summed E-state index contributed by atoms with van der Waals surface area (Å²) < 4.78 is 12.2. The molecule has 0 rings (SSSR count). The van der Waals surface area contributed by atoms with Crippen molar-refractivity contribution in [2.24, 2.45) is 0 Å². The number of nitrogens with one attached hydrogen (secondary N) is 1. The van der Waals surface area contributed by atoms with Crippen LogP contribution in [0.3, 0.4) is 0 Å². The van der Waals surface area contributed by atoms with E-state index in [1.54, 1.807) is 0 Å². The third-order valence-electron chi connectivity index (χ3n) is 0.445. The van der Waals surface area contributed by atoms with Crippen molar-refractivity contribution in [2.75, 3.05) is 0 Å². The summed E-state index contributed by atoms with van der Waals surface area (Å²) >= 11 is 0. The largest absolute Gasteiger partial charge is 0.361 e. The lowest BCUT2D eigenvalue weighted by Crippen LogP contribution is -2.28. The van der Waals surface area contributed by atoms with Crippen LogP contribution in [0.4, 0.5) is 4.39 Å². The van der Waals surface area contributed by atoms with Crippen LogP contribution < -0.4 is 5.32 Å². The van der Waals surface area contributed by atoms with Gasteiger partial charge in [0.05, 0.1) is 0 Å². The number of hydrogen-bond acceptors (Lipinski definition) is 1. The van der Waals surface area contributed by atoms with Crippen LogP contribution in [0, 0.1) is 0 Å². The van der Waals surface area contributed by atoms with Crippen LogP contribution in [0.25, 0.3) is 0 Å². The highest BCUT2D eigenvalue weighted by Gasteiger charge is 2.09. The molecule has 2 heteroatoms. The van der Waals surface area contributed by atoms with E-state index in [0.29, 0.717) is 0 Å². The second-order valence-corrected chi connectivity index (χ2v) is 1.82. The molecule has 42 valence electrons. The first-order valence-electron chi connectivity index (χ1n) is 2.14. The molecule has 0 aliphatic rings. The van der Waals surface area contributed by atoms with E-state index in [2.05, 4.69) is 11.9 Å². The van der Waals surface area contributed by atoms with E-state index in [0.717, 1.165) is 0 Å². The van der Waals surface area contributed by atoms with Crippen molar-refractivity contribution in [1.29, 1.82) is 0 Å². The summed E-state index contributed by atoms with van der Waals surface area (Å²) in [4.78, 5) is 0. The van der Waals surface area contributed by atoms with Gasteiger partial charge in [-0.25, -0.2) is 4.39 Å². The van der Waals surface area contributed by atoms with Gasteiger partial charge in [-0.2, -0.15) is 0 Å². The maximum atomic E-state index is 12.2. The molecule has 0 saturated carbocycles. The monoisotopic (exact) mass is 103 g/mol. The maximum absolute atomic E-state index is 12.2. The van der Waals surface area contributed by atoms with Crippen LogP contribution in [0.15, 0.2) is 12.8 Å². The molecule has 7 heavy (non-hydrogen) atoms. The van der Waals surface area contributed by atoms with E-state index in [1.807, 2.05) is 0 Å². The number of rotatable bonds is 2. The van der Waals surface area contributed by atoms with Gasteiger partial charge in [0.2, 0.25) is 0 Å². The van der Waals surface area contributed by atoms with Gasteiger partial charge in [-0.05, 0) is 20.0 Å². The first kappa shape index (κ1) is 6.47. The standard InChI is InChI=1S/C5H10FN/c1-4-7-5(2,3)6/h4,7H,1H2,2-3H3. The number of halogens is 1. The second-order valence-electron chi connectivity index (χ2n) is 1.82. The Morgan fingerprint density at radius 3 is 2.14 bits per heavy atom. The molecule has 0 aliphatic heterocycles. The first-order valence-corrected chi connectivity index (χ1v) is 2.14. The van der Waals surface area contributed by atoms with Gasteiger partial charge in [0, 0.05) is 0 Å². The van der Waals surface area contributed by atoms with Crippen LogP contribution in [0.1, 0.15) is 13.8 Å². The Hall–Kier alpha value is -0.530. The van der Waals surface area contributed by atoms with Crippen LogP contribution in [0.5, 0.6) is 0 Å². The Bertz CT molecular complexity index is 63.0. The minimum Gasteiger partial charge on any atom is -0.361 e. The third-order valence-corrected chi connectivity index (χ3v) is 0.445. The molecular weight excluding hydrogens is 93.1 g/mol. The fraction of sp³-hybridized carbons (Fsp3) is 0.600. The van der Waals surface area contributed by atoms with E-state index in [9.17, 15) is 4.39 Å². The molecule has 0 fully saturated rings. The summed E-state index contributed by atoms with van der Waals surface area (Å²) in [5.41, 5.74) is 0. The van der Waals surface area contributed by atoms with Crippen LogP contribution in [-0.4, -0.2) is 5.79 Å². The summed E-state index contributed by atoms with van der Waals surface area (Å²) in [7, 11) is 0. The summed E-state index contributed by atoms with van der Waals surface area (Å²) in [6.45, 7) is 6.15. The van der Waals surface area contributed by atoms with Gasteiger partial charge in [-0.3, -0.25) is 0 Å². The van der Waals surface area contributed by atoms with E-state index < -0.39 is 5.79 Å². The quantitative estimate of drug-likeness (QED) is 0.521. The van der Waals surface area contributed by atoms with E-state index >= 15 is 0 Å². The Morgan fingerprint density at radius 2 is 2.14 bits per heavy atom. The Morgan fingerprint density at radius 1 is 1.71 bits per heavy atom. The van der Waals surface area contributed by atoms with Crippen molar-refractivity contribution in [3.05, 3.63) is 12.8 Å². The summed E-state index contributed by atoms with van der Waals surface area (Å²) in [5.74, 6) is -1.32. The molecule has 1 nitrogen and oxygen atoms in total. The van der Waals surface area contributed by atoms with Crippen molar-refractivity contribution in [1.82, 2.24) is 5.32 Å². The predicted molar refractivity (Wildman–Crippen MR) is 28.5 cm³/mol. The third kappa shape index (κ3) is 5.47. The number of hydrogen-bond donors (Lipinski definition) is 1. The lowest BCUT2D eigenvalue weighted by molar-refractivity contribution is 0.187. The first-order chi connectivity index (χ1) is 3.06. The maximum Gasteiger partial charge on any atom is 0.174 e. The van der Waals surface area contributed by atoms with E-state index in [-0.39, 0.29) is 0 Å². The minimum absolute atomic E-state index is 1.32. The average Bonchev–Trinajstić information content (AvgIpc) is 1.30. The molecule has 0 unspecified atom stereocenters. The van der Waals surface area contributed by atoms with Crippen molar-refractivity contribution in [3.63, 3.8) is 0 Å². The Kier molecular flexibility index (Phi) is 1.81. The van der Waals surface area contributed by atoms with Gasteiger partial charge < -0.3 is 5.32 Å². The van der Waals surface area contributed by atoms with Crippen molar-refractivity contribution in [2.45, 2.75) is 19.6 Å². The molecular formula is C5H10FN. The average molecular weight is 103 g/mol. The summed E-state index contributed by atoms with van der Waals surface area (Å²) in [5, 5.41) is 2.38. The zero-order chi connectivity index (χ0) is 5.91. The van der Waals surface area contributed by atoms with Crippen molar-refractivity contribution >= 4 is 0 Å². The minimum atomic E-state index is -1.32. The molecule has 0 aromatic heterocycles. The zero-order valence-corrected chi connectivity index (χ0v) is 4.66. The highest BCUT2D eigenvalue weighted by molar-refractivity contribution is 4.71. The smallest absolute Gasteiger partial charge is 0.174 e. The highest BCUT2D eigenvalue weighted by Crippen LogP contribution is 2.00. The van der Waals surface area contributed by atoms with Gasteiger partial charge in [-0.15, -0.1) is 0 Å². The highest BCUT2D eigenvalue weighted by atomic mass is 19.1. The Balaban J connectivity index is 3.34. The molecule has 0 saturated heterocycles. The van der Waals surface area contributed by atoms with Gasteiger partial charge in [0.1, 0.15) is 0 Å². The van der Waals surface area contributed by atoms with Gasteiger partial charge in [0.25, 0.3) is 0 Å². The molecule has 0 amide bonds. The number of alkyl halides is 1. The summed E-state index contributed by atoms with van der Waals surface area (Å²) in [6, 6.07) is 0. The van der Waals surface area contributed by atoms with Crippen molar-refractivity contribution < 1.29 is 4.39 Å². The van der Waals surface area contributed by atoms with Crippen LogP contribution in [-0.2, 0) is 0 Å². The van der Waals surface area contributed by atoms with Crippen LogP contribution in [0.2, 0.25) is 0 Å². The topological polar surface area (TPSA) is 12.0 Å². The van der Waals surface area contributed by atoms with Gasteiger partial charge in [0.15, 0.2) is 5.79 Å². The normalized spacial score (nSPS) is 10.7. The lowest BCUT2D eigenvalue weighted by atomic mass is 10.4. The molecule has 0 heterocycles. The van der Waals surface area contributed by atoms with E-state index in [1.165, 1.54) is 20.0 Å². The molecule has 0 spiro atoms. The molecule has 0 aromatic carbocycles. The van der Waals surface area contributed by atoms with Gasteiger partial charge in [-0.1, -0.05) is 6.58 Å². The lowest BCUT2D eigenvalue weighted by Gasteiger charge is -2.12. The summed E-state index contributed by atoms with van der Waals surface area (Å²) in [6.07, 6.45) is 1.33. The Labute approximate surface area is 43.2 Å². The molecule has 0 bridgehead atoms. The molecule has 0 atom stereocenters. The van der Waals surface area contributed by atoms with E-state index in [4.69, 9.17) is 0 Å². The second kappa shape index (κ2) is 1.96. The molecule has 0 aliphatic carbocycles. The van der Waals surface area contributed by atoms with Crippen molar-refractivity contribution in [3.8, 4) is 0 Å².